The first-order chi connectivity index (χ1) is 9.72. The standard InChI is InChI=1S/C15H18FN3S/c1-2-18-13(11-6-5-9-19-15(11)17)10-20-14-8-4-3-7-12(14)16/h3-9,13,18H,2,10H2,1H3,(H2,17,19). The predicted molar refractivity (Wildman–Crippen MR) is 82.2 cm³/mol. The van der Waals surface area contributed by atoms with Crippen molar-refractivity contribution >= 4 is 17.6 Å². The summed E-state index contributed by atoms with van der Waals surface area (Å²) in [6.45, 7) is 2.85. The second-order valence-corrected chi connectivity index (χ2v) is 5.39. The van der Waals surface area contributed by atoms with Crippen LogP contribution in [-0.4, -0.2) is 17.3 Å². The molecule has 2 aromatic rings. The van der Waals surface area contributed by atoms with Crippen LogP contribution in [-0.2, 0) is 0 Å². The minimum Gasteiger partial charge on any atom is -0.383 e. The minimum atomic E-state index is -0.188. The van der Waals surface area contributed by atoms with Gasteiger partial charge >= 0.3 is 0 Å². The van der Waals surface area contributed by atoms with Crippen molar-refractivity contribution in [1.29, 1.82) is 0 Å². The fourth-order valence-corrected chi connectivity index (χ4v) is 2.99. The van der Waals surface area contributed by atoms with Gasteiger partial charge in [-0.15, -0.1) is 11.8 Å². The van der Waals surface area contributed by atoms with Crippen LogP contribution in [0.25, 0.3) is 0 Å². The number of hydrogen-bond acceptors (Lipinski definition) is 4. The number of hydrogen-bond donors (Lipinski definition) is 2. The van der Waals surface area contributed by atoms with Crippen LogP contribution in [0.1, 0.15) is 18.5 Å². The Bertz CT molecular complexity index is 562. The maximum absolute atomic E-state index is 13.6. The molecule has 2 rings (SSSR count). The first-order valence-corrected chi connectivity index (χ1v) is 7.52. The average molecular weight is 291 g/mol. The number of aromatic nitrogens is 1. The zero-order valence-corrected chi connectivity index (χ0v) is 12.2. The van der Waals surface area contributed by atoms with E-state index < -0.39 is 0 Å². The summed E-state index contributed by atoms with van der Waals surface area (Å²) in [7, 11) is 0. The molecular formula is C15H18FN3S. The van der Waals surface area contributed by atoms with E-state index in [1.54, 1.807) is 18.3 Å². The molecule has 1 aromatic carbocycles. The largest absolute Gasteiger partial charge is 0.383 e. The van der Waals surface area contributed by atoms with Crippen LogP contribution in [0.15, 0.2) is 47.5 Å². The van der Waals surface area contributed by atoms with Crippen LogP contribution < -0.4 is 11.1 Å². The number of rotatable bonds is 6. The molecule has 0 saturated heterocycles. The highest BCUT2D eigenvalue weighted by molar-refractivity contribution is 7.99. The molecule has 5 heteroatoms. The number of benzene rings is 1. The molecule has 0 amide bonds. The van der Waals surface area contributed by atoms with Crippen LogP contribution in [0.4, 0.5) is 10.2 Å². The summed E-state index contributed by atoms with van der Waals surface area (Å²) in [4.78, 5) is 4.76. The molecule has 20 heavy (non-hydrogen) atoms. The molecule has 1 heterocycles. The van der Waals surface area contributed by atoms with E-state index >= 15 is 0 Å². The Kier molecular flexibility index (Phi) is 5.38. The van der Waals surface area contributed by atoms with Crippen molar-refractivity contribution in [2.24, 2.45) is 0 Å². The van der Waals surface area contributed by atoms with Crippen molar-refractivity contribution in [3.63, 3.8) is 0 Å². The fourth-order valence-electron chi connectivity index (χ4n) is 1.96. The van der Waals surface area contributed by atoms with Gasteiger partial charge < -0.3 is 11.1 Å². The molecule has 0 bridgehead atoms. The highest BCUT2D eigenvalue weighted by atomic mass is 32.2. The Hall–Kier alpha value is -1.59. The number of thioether (sulfide) groups is 1. The van der Waals surface area contributed by atoms with Gasteiger partial charge in [0.05, 0.1) is 0 Å². The summed E-state index contributed by atoms with van der Waals surface area (Å²) >= 11 is 1.48. The number of pyridine rings is 1. The SMILES string of the molecule is CCNC(CSc1ccccc1F)c1cccnc1N. The molecule has 0 radical (unpaired) electrons. The van der Waals surface area contributed by atoms with Crippen molar-refractivity contribution in [3.8, 4) is 0 Å². The van der Waals surface area contributed by atoms with Crippen molar-refractivity contribution in [3.05, 3.63) is 54.0 Å². The van der Waals surface area contributed by atoms with Gasteiger partial charge in [-0.05, 0) is 24.7 Å². The van der Waals surface area contributed by atoms with Gasteiger partial charge in [0.25, 0.3) is 0 Å². The molecule has 0 saturated carbocycles. The van der Waals surface area contributed by atoms with E-state index in [0.29, 0.717) is 16.5 Å². The summed E-state index contributed by atoms with van der Waals surface area (Å²) in [6.07, 6.45) is 1.67. The third kappa shape index (κ3) is 3.71. The van der Waals surface area contributed by atoms with Crippen LogP contribution in [0.5, 0.6) is 0 Å². The molecule has 1 unspecified atom stereocenters. The lowest BCUT2D eigenvalue weighted by Gasteiger charge is -2.19. The van der Waals surface area contributed by atoms with Crippen LogP contribution in [0.3, 0.4) is 0 Å². The Morgan fingerprint density at radius 3 is 2.80 bits per heavy atom. The highest BCUT2D eigenvalue weighted by Gasteiger charge is 2.15. The van der Waals surface area contributed by atoms with Gasteiger partial charge in [-0.2, -0.15) is 0 Å². The van der Waals surface area contributed by atoms with Crippen molar-refractivity contribution in [2.45, 2.75) is 17.9 Å². The Balaban J connectivity index is 2.11. The van der Waals surface area contributed by atoms with E-state index in [4.69, 9.17) is 5.73 Å². The summed E-state index contributed by atoms with van der Waals surface area (Å²) in [6, 6.07) is 10.7. The maximum atomic E-state index is 13.6. The number of anilines is 1. The second-order valence-electron chi connectivity index (χ2n) is 4.33. The lowest BCUT2D eigenvalue weighted by atomic mass is 10.1. The van der Waals surface area contributed by atoms with E-state index in [2.05, 4.69) is 10.3 Å². The van der Waals surface area contributed by atoms with Gasteiger partial charge in [-0.1, -0.05) is 25.1 Å². The smallest absolute Gasteiger partial charge is 0.136 e. The first kappa shape index (κ1) is 14.8. The van der Waals surface area contributed by atoms with Gasteiger partial charge in [0.1, 0.15) is 11.6 Å². The van der Waals surface area contributed by atoms with Gasteiger partial charge in [0.2, 0.25) is 0 Å². The zero-order chi connectivity index (χ0) is 14.4. The van der Waals surface area contributed by atoms with Crippen LogP contribution in [0, 0.1) is 5.82 Å². The molecule has 0 aliphatic rings. The number of nitrogens with one attached hydrogen (secondary N) is 1. The van der Waals surface area contributed by atoms with E-state index in [0.717, 1.165) is 12.1 Å². The lowest BCUT2D eigenvalue weighted by molar-refractivity contribution is 0.595. The van der Waals surface area contributed by atoms with E-state index in [1.165, 1.54) is 17.8 Å². The molecule has 3 N–H and O–H groups in total. The number of halogens is 1. The summed E-state index contributed by atoms with van der Waals surface area (Å²) in [5.74, 6) is 1.03. The van der Waals surface area contributed by atoms with E-state index in [9.17, 15) is 4.39 Å². The molecular weight excluding hydrogens is 273 g/mol. The molecule has 0 aliphatic heterocycles. The molecule has 0 spiro atoms. The quantitative estimate of drug-likeness (QED) is 0.802. The number of nitrogens with zero attached hydrogens (tertiary/aromatic N) is 1. The number of nitrogen functional groups attached to an aromatic ring is 1. The monoisotopic (exact) mass is 291 g/mol. The Labute approximate surface area is 122 Å². The maximum Gasteiger partial charge on any atom is 0.136 e. The summed E-state index contributed by atoms with van der Waals surface area (Å²) in [5, 5.41) is 3.37. The van der Waals surface area contributed by atoms with Crippen LogP contribution in [0.2, 0.25) is 0 Å². The van der Waals surface area contributed by atoms with Gasteiger partial charge in [-0.3, -0.25) is 0 Å². The molecule has 1 aromatic heterocycles. The Morgan fingerprint density at radius 1 is 1.30 bits per heavy atom. The van der Waals surface area contributed by atoms with Gasteiger partial charge in [0.15, 0.2) is 0 Å². The lowest BCUT2D eigenvalue weighted by Crippen LogP contribution is -2.24. The second kappa shape index (κ2) is 7.26. The molecule has 1 atom stereocenters. The Morgan fingerprint density at radius 2 is 2.10 bits per heavy atom. The molecule has 0 aliphatic carbocycles. The molecule has 106 valence electrons. The highest BCUT2D eigenvalue weighted by Crippen LogP contribution is 2.28. The fraction of sp³-hybridized carbons (Fsp3) is 0.267. The van der Waals surface area contributed by atoms with Crippen molar-refractivity contribution in [2.75, 3.05) is 18.0 Å². The van der Waals surface area contributed by atoms with E-state index in [-0.39, 0.29) is 11.9 Å². The summed E-state index contributed by atoms with van der Waals surface area (Å²) < 4.78 is 13.6. The van der Waals surface area contributed by atoms with Crippen molar-refractivity contribution in [1.82, 2.24) is 10.3 Å². The van der Waals surface area contributed by atoms with E-state index in [1.807, 2.05) is 25.1 Å². The zero-order valence-electron chi connectivity index (χ0n) is 11.3. The topological polar surface area (TPSA) is 50.9 Å². The minimum absolute atomic E-state index is 0.0540. The molecule has 3 nitrogen and oxygen atoms in total. The average Bonchev–Trinajstić information content (AvgIpc) is 2.46. The predicted octanol–water partition coefficient (Wildman–Crippen LogP) is 3.25. The first-order valence-electron chi connectivity index (χ1n) is 6.53. The van der Waals surface area contributed by atoms with Gasteiger partial charge in [0, 0.05) is 28.5 Å². The third-order valence-electron chi connectivity index (χ3n) is 2.94. The molecule has 0 fully saturated rings. The summed E-state index contributed by atoms with van der Waals surface area (Å²) in [5.41, 5.74) is 6.87. The number of nitrogens with two attached hydrogens (primary N) is 1. The normalized spacial score (nSPS) is 12.3. The van der Waals surface area contributed by atoms with Crippen LogP contribution >= 0.6 is 11.8 Å². The third-order valence-corrected chi connectivity index (χ3v) is 4.08. The van der Waals surface area contributed by atoms with Gasteiger partial charge in [-0.25, -0.2) is 9.37 Å². The van der Waals surface area contributed by atoms with Crippen molar-refractivity contribution < 1.29 is 4.39 Å².